The third-order valence-corrected chi connectivity index (χ3v) is 2.91. The highest BCUT2D eigenvalue weighted by atomic mass is 16.5. The van der Waals surface area contributed by atoms with Crippen molar-refractivity contribution in [3.8, 4) is 11.5 Å². The van der Waals surface area contributed by atoms with E-state index in [9.17, 15) is 14.7 Å². The Labute approximate surface area is 127 Å². The van der Waals surface area contributed by atoms with Gasteiger partial charge in [-0.15, -0.1) is 0 Å². The fourth-order valence-corrected chi connectivity index (χ4v) is 1.74. The van der Waals surface area contributed by atoms with Gasteiger partial charge in [0.2, 0.25) is 0 Å². The molecule has 114 valence electrons. The molecule has 0 aromatic heterocycles. The van der Waals surface area contributed by atoms with E-state index in [1.165, 1.54) is 18.2 Å². The molecule has 0 aliphatic rings. The number of phenols is 1. The number of aromatic carboxylic acids is 1. The van der Waals surface area contributed by atoms with Gasteiger partial charge in [0, 0.05) is 0 Å². The molecule has 0 aliphatic heterocycles. The summed E-state index contributed by atoms with van der Waals surface area (Å²) in [5, 5.41) is 20.9. The summed E-state index contributed by atoms with van der Waals surface area (Å²) in [7, 11) is 0. The van der Waals surface area contributed by atoms with Gasteiger partial charge in [0.05, 0.1) is 11.3 Å². The number of anilines is 1. The number of aryl methyl sites for hydroxylation is 1. The van der Waals surface area contributed by atoms with Gasteiger partial charge in [-0.2, -0.15) is 0 Å². The molecular formula is C16H15NO5. The number of hydrogen-bond acceptors (Lipinski definition) is 4. The topological polar surface area (TPSA) is 95.9 Å². The molecular weight excluding hydrogens is 286 g/mol. The van der Waals surface area contributed by atoms with Crippen LogP contribution in [0.15, 0.2) is 42.5 Å². The summed E-state index contributed by atoms with van der Waals surface area (Å²) in [5.41, 5.74) is 1.07. The number of carbonyl (C=O) groups excluding carboxylic acids is 1. The second-order valence-corrected chi connectivity index (χ2v) is 4.69. The largest absolute Gasteiger partial charge is 0.506 e. The minimum Gasteiger partial charge on any atom is -0.506 e. The average molecular weight is 301 g/mol. The lowest BCUT2D eigenvalue weighted by Gasteiger charge is -2.09. The van der Waals surface area contributed by atoms with Crippen LogP contribution in [0.4, 0.5) is 5.69 Å². The maximum absolute atomic E-state index is 11.8. The Hall–Kier alpha value is -3.02. The van der Waals surface area contributed by atoms with Crippen LogP contribution in [-0.2, 0) is 4.79 Å². The predicted molar refractivity (Wildman–Crippen MR) is 80.4 cm³/mol. The third-order valence-electron chi connectivity index (χ3n) is 2.91. The molecule has 0 saturated heterocycles. The molecule has 0 spiro atoms. The number of aromatic hydroxyl groups is 1. The maximum Gasteiger partial charge on any atom is 0.335 e. The molecule has 0 saturated carbocycles. The van der Waals surface area contributed by atoms with Crippen molar-refractivity contribution in [2.75, 3.05) is 11.9 Å². The number of nitrogens with one attached hydrogen (secondary N) is 1. The van der Waals surface area contributed by atoms with E-state index < -0.39 is 11.9 Å². The van der Waals surface area contributed by atoms with Crippen molar-refractivity contribution in [1.82, 2.24) is 0 Å². The van der Waals surface area contributed by atoms with Crippen LogP contribution in [0.3, 0.4) is 0 Å². The number of carbonyl (C=O) groups is 2. The molecule has 0 unspecified atom stereocenters. The van der Waals surface area contributed by atoms with Crippen molar-refractivity contribution in [3.63, 3.8) is 0 Å². The number of carboxylic acid groups (broad SMARTS) is 1. The molecule has 0 heterocycles. The first-order chi connectivity index (χ1) is 10.5. The molecule has 2 aromatic carbocycles. The molecule has 2 aromatic rings. The fourth-order valence-electron chi connectivity index (χ4n) is 1.74. The summed E-state index contributed by atoms with van der Waals surface area (Å²) in [6.45, 7) is 1.69. The van der Waals surface area contributed by atoms with E-state index in [1.54, 1.807) is 12.1 Å². The van der Waals surface area contributed by atoms with Crippen LogP contribution in [0.1, 0.15) is 15.9 Å². The molecule has 0 bridgehead atoms. The fraction of sp³-hybridized carbons (Fsp3) is 0.125. The minimum atomic E-state index is -1.15. The zero-order valence-corrected chi connectivity index (χ0v) is 11.9. The van der Waals surface area contributed by atoms with Crippen LogP contribution in [-0.4, -0.2) is 28.7 Å². The van der Waals surface area contributed by atoms with E-state index >= 15 is 0 Å². The van der Waals surface area contributed by atoms with Crippen LogP contribution in [0.25, 0.3) is 0 Å². The van der Waals surface area contributed by atoms with Crippen molar-refractivity contribution in [2.24, 2.45) is 0 Å². The molecule has 2 rings (SSSR count). The standard InChI is InChI=1S/C16H15NO5/c1-10-2-5-12(6-3-10)22-9-15(19)17-13-8-11(16(20)21)4-7-14(13)18/h2-8,18H,9H2,1H3,(H,17,19)(H,20,21). The zero-order valence-electron chi connectivity index (χ0n) is 11.9. The second-order valence-electron chi connectivity index (χ2n) is 4.69. The van der Waals surface area contributed by atoms with Crippen LogP contribution >= 0.6 is 0 Å². The molecule has 6 nitrogen and oxygen atoms in total. The Kier molecular flexibility index (Phi) is 4.63. The minimum absolute atomic E-state index is 0.0254. The smallest absolute Gasteiger partial charge is 0.335 e. The lowest BCUT2D eigenvalue weighted by molar-refractivity contribution is -0.118. The van der Waals surface area contributed by atoms with Gasteiger partial charge in [0.15, 0.2) is 6.61 Å². The molecule has 0 aliphatic carbocycles. The van der Waals surface area contributed by atoms with E-state index in [4.69, 9.17) is 9.84 Å². The van der Waals surface area contributed by atoms with Crippen LogP contribution in [0.2, 0.25) is 0 Å². The lowest BCUT2D eigenvalue weighted by atomic mass is 10.2. The Morgan fingerprint density at radius 3 is 2.45 bits per heavy atom. The zero-order chi connectivity index (χ0) is 16.1. The van der Waals surface area contributed by atoms with Crippen molar-refractivity contribution in [3.05, 3.63) is 53.6 Å². The first-order valence-corrected chi connectivity index (χ1v) is 6.51. The first-order valence-electron chi connectivity index (χ1n) is 6.51. The van der Waals surface area contributed by atoms with Gasteiger partial charge in [0.25, 0.3) is 5.91 Å². The summed E-state index contributed by atoms with van der Waals surface area (Å²) in [6, 6.07) is 10.8. The van der Waals surface area contributed by atoms with Gasteiger partial charge in [-0.3, -0.25) is 4.79 Å². The Bertz CT molecular complexity index is 694. The number of hydrogen-bond donors (Lipinski definition) is 3. The van der Waals surface area contributed by atoms with E-state index in [-0.39, 0.29) is 23.6 Å². The van der Waals surface area contributed by atoms with E-state index in [0.717, 1.165) is 5.56 Å². The predicted octanol–water partition coefficient (Wildman–Crippen LogP) is 2.42. The summed E-state index contributed by atoms with van der Waals surface area (Å²) in [4.78, 5) is 22.7. The number of carboxylic acids is 1. The summed E-state index contributed by atoms with van der Waals surface area (Å²) < 4.78 is 5.30. The first kappa shape index (κ1) is 15.4. The number of phenolic OH excluding ortho intramolecular Hbond substituents is 1. The SMILES string of the molecule is Cc1ccc(OCC(=O)Nc2cc(C(=O)O)ccc2O)cc1. The summed E-state index contributed by atoms with van der Waals surface area (Å²) >= 11 is 0. The molecule has 22 heavy (non-hydrogen) atoms. The number of rotatable bonds is 5. The Morgan fingerprint density at radius 1 is 1.14 bits per heavy atom. The van der Waals surface area contributed by atoms with Crippen molar-refractivity contribution >= 4 is 17.6 Å². The average Bonchev–Trinajstić information content (AvgIpc) is 2.48. The van der Waals surface area contributed by atoms with Gasteiger partial charge in [-0.05, 0) is 37.3 Å². The Balaban J connectivity index is 1.98. The molecule has 0 atom stereocenters. The van der Waals surface area contributed by atoms with Gasteiger partial charge in [-0.1, -0.05) is 17.7 Å². The van der Waals surface area contributed by atoms with Crippen molar-refractivity contribution in [2.45, 2.75) is 6.92 Å². The third kappa shape index (κ3) is 3.99. The monoisotopic (exact) mass is 301 g/mol. The highest BCUT2D eigenvalue weighted by Crippen LogP contribution is 2.24. The van der Waals surface area contributed by atoms with Crippen LogP contribution < -0.4 is 10.1 Å². The van der Waals surface area contributed by atoms with Gasteiger partial charge in [-0.25, -0.2) is 4.79 Å². The second kappa shape index (κ2) is 6.62. The van der Waals surface area contributed by atoms with Gasteiger partial charge in [0.1, 0.15) is 11.5 Å². The van der Waals surface area contributed by atoms with Gasteiger partial charge >= 0.3 is 5.97 Å². The highest BCUT2D eigenvalue weighted by molar-refractivity contribution is 5.96. The number of benzene rings is 2. The quantitative estimate of drug-likeness (QED) is 0.737. The molecule has 0 fully saturated rings. The van der Waals surface area contributed by atoms with E-state index in [0.29, 0.717) is 5.75 Å². The number of amides is 1. The molecule has 1 amide bonds. The lowest BCUT2D eigenvalue weighted by Crippen LogP contribution is -2.20. The molecule has 0 radical (unpaired) electrons. The van der Waals surface area contributed by atoms with E-state index in [2.05, 4.69) is 5.32 Å². The van der Waals surface area contributed by atoms with Crippen molar-refractivity contribution < 1.29 is 24.5 Å². The normalized spacial score (nSPS) is 10.0. The molecule has 6 heteroatoms. The van der Waals surface area contributed by atoms with Crippen LogP contribution in [0, 0.1) is 6.92 Å². The number of ether oxygens (including phenoxy) is 1. The van der Waals surface area contributed by atoms with Gasteiger partial charge < -0.3 is 20.3 Å². The van der Waals surface area contributed by atoms with Crippen molar-refractivity contribution in [1.29, 1.82) is 0 Å². The highest BCUT2D eigenvalue weighted by Gasteiger charge is 2.11. The van der Waals surface area contributed by atoms with E-state index in [1.807, 2.05) is 19.1 Å². The van der Waals surface area contributed by atoms with Crippen LogP contribution in [0.5, 0.6) is 11.5 Å². The molecule has 3 N–H and O–H groups in total. The maximum atomic E-state index is 11.8. The summed E-state index contributed by atoms with van der Waals surface area (Å²) in [5.74, 6) is -1.32. The summed E-state index contributed by atoms with van der Waals surface area (Å²) in [6.07, 6.45) is 0. The Morgan fingerprint density at radius 2 is 1.82 bits per heavy atom.